The fraction of sp³-hybridized carbons (Fsp3) is 0.583. The first-order valence-electron chi connectivity index (χ1n) is 11.6. The summed E-state index contributed by atoms with van der Waals surface area (Å²) in [5.41, 5.74) is -2.68. The van der Waals surface area contributed by atoms with E-state index in [4.69, 9.17) is 0 Å². The van der Waals surface area contributed by atoms with Crippen molar-refractivity contribution in [2.75, 3.05) is 18.4 Å². The van der Waals surface area contributed by atoms with E-state index in [-0.39, 0.29) is 33.5 Å². The molecule has 3 N–H and O–H groups in total. The van der Waals surface area contributed by atoms with Crippen molar-refractivity contribution in [1.82, 2.24) is 20.2 Å². The molecular weight excluding hydrogens is 514 g/mol. The molecule has 2 amide bonds. The predicted molar refractivity (Wildman–Crippen MR) is 132 cm³/mol. The number of aromatic nitrogens is 2. The second-order valence-corrected chi connectivity index (χ2v) is 11.9. The molecule has 2 aromatic heterocycles. The van der Waals surface area contributed by atoms with E-state index < -0.39 is 59.9 Å². The van der Waals surface area contributed by atoms with Gasteiger partial charge >= 0.3 is 0 Å². The summed E-state index contributed by atoms with van der Waals surface area (Å²) in [6, 6.07) is 0.329. The van der Waals surface area contributed by atoms with Crippen LogP contribution in [0, 0.1) is 0 Å². The number of nitrogens with zero attached hydrogens (tertiary/aromatic N) is 3. The van der Waals surface area contributed by atoms with E-state index in [1.54, 1.807) is 0 Å². The van der Waals surface area contributed by atoms with Crippen molar-refractivity contribution in [2.45, 2.75) is 77.5 Å². The van der Waals surface area contributed by atoms with Gasteiger partial charge in [-0.3, -0.25) is 9.59 Å². The molecule has 0 spiro atoms. The van der Waals surface area contributed by atoms with Crippen molar-refractivity contribution in [3.05, 3.63) is 28.5 Å². The molecule has 0 aliphatic carbocycles. The zero-order valence-corrected chi connectivity index (χ0v) is 22.3. The Balaban J connectivity index is 2.11. The average molecular weight is 546 g/mol. The number of pyridine rings is 1. The molecule has 0 radical (unpaired) electrons. The second kappa shape index (κ2) is 10.2. The van der Waals surface area contributed by atoms with Crippen LogP contribution in [0.3, 0.4) is 0 Å². The van der Waals surface area contributed by atoms with Crippen molar-refractivity contribution in [3.8, 4) is 10.4 Å². The molecule has 1 fully saturated rings. The van der Waals surface area contributed by atoms with Crippen molar-refractivity contribution in [3.63, 3.8) is 0 Å². The minimum absolute atomic E-state index is 0.0778. The molecule has 1 aliphatic rings. The lowest BCUT2D eigenvalue weighted by Gasteiger charge is -2.22. The van der Waals surface area contributed by atoms with Gasteiger partial charge in [-0.1, -0.05) is 0 Å². The first-order valence-corrected chi connectivity index (χ1v) is 12.5. The number of amides is 2. The summed E-state index contributed by atoms with van der Waals surface area (Å²) in [6.07, 6.45) is -2.36. The van der Waals surface area contributed by atoms with Crippen molar-refractivity contribution in [2.24, 2.45) is 0 Å². The van der Waals surface area contributed by atoms with Gasteiger partial charge in [0.05, 0.1) is 17.0 Å². The normalized spacial score (nSPS) is 17.8. The van der Waals surface area contributed by atoms with E-state index in [1.165, 1.54) is 20.8 Å². The van der Waals surface area contributed by atoms with E-state index in [1.807, 2.05) is 20.8 Å². The van der Waals surface area contributed by atoms with Crippen LogP contribution < -0.4 is 10.6 Å². The van der Waals surface area contributed by atoms with Gasteiger partial charge in [-0.05, 0) is 47.6 Å². The van der Waals surface area contributed by atoms with Crippen LogP contribution in [0.25, 0.3) is 10.4 Å². The Morgan fingerprint density at radius 2 is 1.92 bits per heavy atom. The summed E-state index contributed by atoms with van der Waals surface area (Å²) in [4.78, 5) is 35.3. The highest BCUT2D eigenvalue weighted by molar-refractivity contribution is 7.17. The van der Waals surface area contributed by atoms with Crippen molar-refractivity contribution < 1.29 is 32.3 Å². The molecule has 1 atom stereocenters. The van der Waals surface area contributed by atoms with Gasteiger partial charge in [0.15, 0.2) is 5.01 Å². The number of nitrogens with one attached hydrogen (secondary N) is 2. The molecule has 13 heteroatoms. The predicted octanol–water partition coefficient (Wildman–Crippen LogP) is 4.72. The number of carbonyl (C=O) groups is 2. The van der Waals surface area contributed by atoms with Gasteiger partial charge in [0.1, 0.15) is 11.5 Å². The third kappa shape index (κ3) is 7.16. The van der Waals surface area contributed by atoms with Gasteiger partial charge in [0.25, 0.3) is 24.2 Å². The Labute approximate surface area is 216 Å². The number of rotatable bonds is 7. The van der Waals surface area contributed by atoms with E-state index in [9.17, 15) is 32.3 Å². The lowest BCUT2D eigenvalue weighted by molar-refractivity contribution is 0.0118. The smallest absolute Gasteiger partial charge is 0.280 e. The van der Waals surface area contributed by atoms with E-state index in [2.05, 4.69) is 20.6 Å². The van der Waals surface area contributed by atoms with Gasteiger partial charge < -0.3 is 20.6 Å². The topological polar surface area (TPSA) is 107 Å². The first-order chi connectivity index (χ1) is 16.9. The zero-order valence-electron chi connectivity index (χ0n) is 21.5. The largest absolute Gasteiger partial charge is 0.389 e. The Hall–Kier alpha value is -2.80. The highest BCUT2D eigenvalue weighted by Crippen LogP contribution is 2.40. The van der Waals surface area contributed by atoms with Crippen LogP contribution in [0.15, 0.2) is 12.3 Å². The van der Waals surface area contributed by atoms with Crippen LogP contribution >= 0.6 is 11.3 Å². The highest BCUT2D eigenvalue weighted by Gasteiger charge is 2.46. The molecule has 1 unspecified atom stereocenters. The quantitative estimate of drug-likeness (QED) is 0.435. The summed E-state index contributed by atoms with van der Waals surface area (Å²) in [7, 11) is 0. The molecule has 3 heterocycles. The summed E-state index contributed by atoms with van der Waals surface area (Å²) < 4.78 is 56.4. The maximum Gasteiger partial charge on any atom is 0.280 e. The molecule has 0 saturated carbocycles. The van der Waals surface area contributed by atoms with Crippen LogP contribution in [0.5, 0.6) is 0 Å². The van der Waals surface area contributed by atoms with Gasteiger partial charge in [0.2, 0.25) is 0 Å². The summed E-state index contributed by atoms with van der Waals surface area (Å²) in [6.45, 7) is 8.90. The molecule has 2 aromatic rings. The number of alkyl halides is 4. The molecule has 0 bridgehead atoms. The maximum absolute atomic E-state index is 14.2. The lowest BCUT2D eigenvalue weighted by Crippen LogP contribution is -2.38. The van der Waals surface area contributed by atoms with Crippen LogP contribution in [0.4, 0.5) is 23.4 Å². The molecular formula is C24H31F4N5O3S. The number of hydrogen-bond donors (Lipinski definition) is 3. The summed E-state index contributed by atoms with van der Waals surface area (Å²) in [5.74, 6) is -4.56. The SMILES string of the molecule is CC1CC(F)(F)CN1C(=O)c1nc(C(=O)NCC(C)(C)O)sc1-c1cnc(NC(C)(C)C)cc1C(F)F. The average Bonchev–Trinajstić information content (AvgIpc) is 3.30. The number of aliphatic hydroxyl groups is 1. The van der Waals surface area contributed by atoms with Crippen molar-refractivity contribution in [1.29, 1.82) is 0 Å². The molecule has 1 aliphatic heterocycles. The van der Waals surface area contributed by atoms with E-state index in [0.29, 0.717) is 11.3 Å². The van der Waals surface area contributed by atoms with Gasteiger partial charge in [-0.15, -0.1) is 11.3 Å². The molecule has 37 heavy (non-hydrogen) atoms. The number of carbonyl (C=O) groups excluding carboxylic acids is 2. The van der Waals surface area contributed by atoms with Gasteiger partial charge in [0, 0.05) is 41.9 Å². The van der Waals surface area contributed by atoms with E-state index in [0.717, 1.165) is 17.2 Å². The van der Waals surface area contributed by atoms with E-state index >= 15 is 0 Å². The number of thiazole rings is 1. The Morgan fingerprint density at radius 3 is 2.43 bits per heavy atom. The Kier molecular flexibility index (Phi) is 7.90. The number of hydrogen-bond acceptors (Lipinski definition) is 7. The molecule has 0 aromatic carbocycles. The van der Waals surface area contributed by atoms with Crippen LogP contribution in [0.1, 0.15) is 80.2 Å². The Morgan fingerprint density at radius 1 is 1.27 bits per heavy atom. The maximum atomic E-state index is 14.2. The third-order valence-corrected chi connectivity index (χ3v) is 6.50. The number of halogens is 4. The van der Waals surface area contributed by atoms with Crippen molar-refractivity contribution >= 4 is 29.0 Å². The molecule has 3 rings (SSSR count). The fourth-order valence-corrected chi connectivity index (χ4v) is 4.84. The molecule has 8 nitrogen and oxygen atoms in total. The van der Waals surface area contributed by atoms with Crippen LogP contribution in [-0.4, -0.2) is 68.0 Å². The standard InChI is InChI=1S/C24H31F4N5O3S/c1-12-8-24(27,28)11-33(12)21(35)16-17(37-20(31-16)19(34)30-10-23(5,6)36)14-9-29-15(32-22(2,3)4)7-13(14)18(25)26/h7,9,12,18,36H,8,10-11H2,1-6H3,(H,29,32)(H,30,34). The molecule has 1 saturated heterocycles. The van der Waals surface area contributed by atoms with Gasteiger partial charge in [-0.25, -0.2) is 27.5 Å². The Bertz CT molecular complexity index is 1170. The lowest BCUT2D eigenvalue weighted by atomic mass is 10.1. The zero-order chi connectivity index (χ0) is 27.9. The number of anilines is 1. The summed E-state index contributed by atoms with van der Waals surface area (Å²) >= 11 is 0.677. The van der Waals surface area contributed by atoms with Crippen LogP contribution in [-0.2, 0) is 0 Å². The second-order valence-electron chi connectivity index (χ2n) is 10.9. The highest BCUT2D eigenvalue weighted by atomic mass is 32.1. The fourth-order valence-electron chi connectivity index (χ4n) is 3.83. The first kappa shape index (κ1) is 28.8. The minimum atomic E-state index is -3.10. The number of likely N-dealkylation sites (tertiary alicyclic amines) is 1. The third-order valence-electron chi connectivity index (χ3n) is 5.41. The summed E-state index contributed by atoms with van der Waals surface area (Å²) in [5, 5.41) is 15.1. The molecule has 204 valence electrons. The minimum Gasteiger partial charge on any atom is -0.389 e. The van der Waals surface area contributed by atoms with Gasteiger partial charge in [-0.2, -0.15) is 0 Å². The van der Waals surface area contributed by atoms with Crippen LogP contribution in [0.2, 0.25) is 0 Å². The monoisotopic (exact) mass is 545 g/mol.